The molecule has 1 aromatic heterocycles. The molecule has 0 bridgehead atoms. The molecule has 1 aromatic carbocycles. The van der Waals surface area contributed by atoms with Gasteiger partial charge in [0.05, 0.1) is 17.3 Å². The molecule has 0 unspecified atom stereocenters. The van der Waals surface area contributed by atoms with Crippen LogP contribution in [0, 0.1) is 0 Å². The molecule has 0 aliphatic carbocycles. The Morgan fingerprint density at radius 3 is 2.93 bits per heavy atom. The SMILES string of the molecule is NC(=O)c1cnnc2ccc(Br)cc12. The molecule has 0 aliphatic heterocycles. The first-order valence-electron chi connectivity index (χ1n) is 3.89. The second kappa shape index (κ2) is 3.34. The van der Waals surface area contributed by atoms with Crippen molar-refractivity contribution in [1.29, 1.82) is 0 Å². The Bertz CT molecular complexity index is 512. The van der Waals surface area contributed by atoms with E-state index >= 15 is 0 Å². The summed E-state index contributed by atoms with van der Waals surface area (Å²) in [7, 11) is 0. The maximum atomic E-state index is 11.1. The van der Waals surface area contributed by atoms with Crippen LogP contribution < -0.4 is 5.73 Å². The zero-order chi connectivity index (χ0) is 10.1. The van der Waals surface area contributed by atoms with Crippen molar-refractivity contribution in [2.24, 2.45) is 5.73 Å². The van der Waals surface area contributed by atoms with Crippen molar-refractivity contribution in [2.45, 2.75) is 0 Å². The van der Waals surface area contributed by atoms with E-state index in [-0.39, 0.29) is 0 Å². The number of aromatic nitrogens is 2. The molecule has 70 valence electrons. The van der Waals surface area contributed by atoms with Gasteiger partial charge in [0.15, 0.2) is 0 Å². The van der Waals surface area contributed by atoms with Gasteiger partial charge in [-0.3, -0.25) is 4.79 Å². The lowest BCUT2D eigenvalue weighted by molar-refractivity contribution is 0.100. The van der Waals surface area contributed by atoms with Gasteiger partial charge in [0.25, 0.3) is 5.91 Å². The number of nitrogens with two attached hydrogens (primary N) is 1. The van der Waals surface area contributed by atoms with Gasteiger partial charge >= 0.3 is 0 Å². The van der Waals surface area contributed by atoms with Gasteiger partial charge in [0.1, 0.15) is 0 Å². The summed E-state index contributed by atoms with van der Waals surface area (Å²) in [5.41, 5.74) is 6.25. The highest BCUT2D eigenvalue weighted by molar-refractivity contribution is 9.10. The number of hydrogen-bond donors (Lipinski definition) is 1. The van der Waals surface area contributed by atoms with Gasteiger partial charge in [0.2, 0.25) is 0 Å². The van der Waals surface area contributed by atoms with E-state index in [1.807, 2.05) is 6.07 Å². The molecular weight excluding hydrogens is 246 g/mol. The summed E-state index contributed by atoms with van der Waals surface area (Å²) >= 11 is 3.32. The average Bonchev–Trinajstić information content (AvgIpc) is 2.16. The zero-order valence-electron chi connectivity index (χ0n) is 7.07. The number of primary amides is 1. The average molecular weight is 252 g/mol. The maximum absolute atomic E-state index is 11.1. The minimum Gasteiger partial charge on any atom is -0.366 e. The molecule has 4 nitrogen and oxygen atoms in total. The fraction of sp³-hybridized carbons (Fsp3) is 0. The molecule has 0 spiro atoms. The highest BCUT2D eigenvalue weighted by Gasteiger charge is 2.07. The summed E-state index contributed by atoms with van der Waals surface area (Å²) in [6.45, 7) is 0. The Labute approximate surface area is 88.3 Å². The first kappa shape index (κ1) is 9.08. The van der Waals surface area contributed by atoms with Crippen molar-refractivity contribution in [2.75, 3.05) is 0 Å². The van der Waals surface area contributed by atoms with Crippen LogP contribution in [0.2, 0.25) is 0 Å². The Morgan fingerprint density at radius 1 is 1.43 bits per heavy atom. The van der Waals surface area contributed by atoms with Crippen molar-refractivity contribution >= 4 is 32.7 Å². The number of benzene rings is 1. The summed E-state index contributed by atoms with van der Waals surface area (Å²) in [5, 5.41) is 8.29. The standard InChI is InChI=1S/C9H6BrN3O/c10-5-1-2-8-6(3-5)7(9(11)14)4-12-13-8/h1-4H,(H2,11,14). The smallest absolute Gasteiger partial charge is 0.251 e. The van der Waals surface area contributed by atoms with Gasteiger partial charge < -0.3 is 5.73 Å². The van der Waals surface area contributed by atoms with Crippen molar-refractivity contribution in [3.63, 3.8) is 0 Å². The monoisotopic (exact) mass is 251 g/mol. The quantitative estimate of drug-likeness (QED) is 0.835. The summed E-state index contributed by atoms with van der Waals surface area (Å²) in [6, 6.07) is 5.41. The van der Waals surface area contributed by atoms with E-state index in [1.54, 1.807) is 12.1 Å². The number of fused-ring (bicyclic) bond motifs is 1. The Morgan fingerprint density at radius 2 is 2.21 bits per heavy atom. The summed E-state index contributed by atoms with van der Waals surface area (Å²) < 4.78 is 0.875. The lowest BCUT2D eigenvalue weighted by Crippen LogP contribution is -2.12. The second-order valence-corrected chi connectivity index (χ2v) is 3.70. The first-order valence-corrected chi connectivity index (χ1v) is 4.68. The van der Waals surface area contributed by atoms with Crippen LogP contribution in [0.4, 0.5) is 0 Å². The molecule has 2 aromatic rings. The third-order valence-corrected chi connectivity index (χ3v) is 2.36. The first-order chi connectivity index (χ1) is 6.68. The molecule has 0 saturated carbocycles. The summed E-state index contributed by atoms with van der Waals surface area (Å²) in [4.78, 5) is 11.1. The number of rotatable bonds is 1. The Kier molecular flexibility index (Phi) is 2.17. The number of hydrogen-bond acceptors (Lipinski definition) is 3. The Hall–Kier alpha value is -1.49. The number of carbonyl (C=O) groups excluding carboxylic acids is 1. The highest BCUT2D eigenvalue weighted by Crippen LogP contribution is 2.20. The molecule has 1 amide bonds. The Balaban J connectivity index is 2.84. The van der Waals surface area contributed by atoms with E-state index in [0.717, 1.165) is 4.47 Å². The second-order valence-electron chi connectivity index (χ2n) is 2.78. The lowest BCUT2D eigenvalue weighted by atomic mass is 10.1. The number of halogens is 1. The minimum absolute atomic E-state index is 0.385. The predicted molar refractivity (Wildman–Crippen MR) is 55.8 cm³/mol. The van der Waals surface area contributed by atoms with Gasteiger partial charge in [-0.05, 0) is 18.2 Å². The van der Waals surface area contributed by atoms with Gasteiger partial charge in [-0.15, -0.1) is 0 Å². The fourth-order valence-corrected chi connectivity index (χ4v) is 1.59. The highest BCUT2D eigenvalue weighted by atomic mass is 79.9. The number of amides is 1. The molecule has 0 atom stereocenters. The van der Waals surface area contributed by atoms with E-state index in [4.69, 9.17) is 5.73 Å². The molecular formula is C9H6BrN3O. The van der Waals surface area contributed by atoms with Crippen molar-refractivity contribution < 1.29 is 4.79 Å². The van der Waals surface area contributed by atoms with Crippen LogP contribution in [0.5, 0.6) is 0 Å². The molecule has 14 heavy (non-hydrogen) atoms. The predicted octanol–water partition coefficient (Wildman–Crippen LogP) is 1.49. The van der Waals surface area contributed by atoms with Crippen LogP contribution in [0.3, 0.4) is 0 Å². The van der Waals surface area contributed by atoms with E-state index in [9.17, 15) is 4.79 Å². The molecule has 0 saturated heterocycles. The third-order valence-electron chi connectivity index (χ3n) is 1.87. The fourth-order valence-electron chi connectivity index (χ4n) is 1.23. The van der Waals surface area contributed by atoms with Gasteiger partial charge in [0, 0.05) is 9.86 Å². The third kappa shape index (κ3) is 1.46. The number of nitrogens with zero attached hydrogens (tertiary/aromatic N) is 2. The van der Waals surface area contributed by atoms with Crippen LogP contribution in [-0.2, 0) is 0 Å². The van der Waals surface area contributed by atoms with Crippen LogP contribution in [-0.4, -0.2) is 16.1 Å². The topological polar surface area (TPSA) is 68.9 Å². The molecule has 0 fully saturated rings. The zero-order valence-corrected chi connectivity index (χ0v) is 8.65. The summed E-state index contributed by atoms with van der Waals surface area (Å²) in [6.07, 6.45) is 1.37. The van der Waals surface area contributed by atoms with Gasteiger partial charge in [-0.25, -0.2) is 0 Å². The largest absolute Gasteiger partial charge is 0.366 e. The van der Waals surface area contributed by atoms with Crippen LogP contribution in [0.15, 0.2) is 28.9 Å². The van der Waals surface area contributed by atoms with Crippen molar-refractivity contribution in [3.05, 3.63) is 34.4 Å². The van der Waals surface area contributed by atoms with E-state index in [1.165, 1.54) is 6.20 Å². The molecule has 0 aliphatic rings. The van der Waals surface area contributed by atoms with Crippen molar-refractivity contribution in [1.82, 2.24) is 10.2 Å². The molecule has 0 radical (unpaired) electrons. The van der Waals surface area contributed by atoms with E-state index in [2.05, 4.69) is 26.1 Å². The molecule has 1 heterocycles. The minimum atomic E-state index is -0.497. The molecule has 2 rings (SSSR count). The normalized spacial score (nSPS) is 10.4. The van der Waals surface area contributed by atoms with Crippen molar-refractivity contribution in [3.8, 4) is 0 Å². The van der Waals surface area contributed by atoms with Crippen LogP contribution in [0.1, 0.15) is 10.4 Å². The maximum Gasteiger partial charge on any atom is 0.251 e. The summed E-state index contributed by atoms with van der Waals surface area (Å²) in [5.74, 6) is -0.497. The van der Waals surface area contributed by atoms with E-state index < -0.39 is 5.91 Å². The molecule has 5 heteroatoms. The number of carbonyl (C=O) groups is 1. The van der Waals surface area contributed by atoms with E-state index in [0.29, 0.717) is 16.5 Å². The van der Waals surface area contributed by atoms with Gasteiger partial charge in [-0.1, -0.05) is 15.9 Å². The lowest BCUT2D eigenvalue weighted by Gasteiger charge is -2.00. The van der Waals surface area contributed by atoms with Crippen LogP contribution >= 0.6 is 15.9 Å². The molecule has 2 N–H and O–H groups in total. The van der Waals surface area contributed by atoms with Crippen LogP contribution in [0.25, 0.3) is 10.9 Å². The van der Waals surface area contributed by atoms with Gasteiger partial charge in [-0.2, -0.15) is 10.2 Å².